The fourth-order valence-electron chi connectivity index (χ4n) is 9.23. The van der Waals surface area contributed by atoms with Crippen molar-refractivity contribution in [3.8, 4) is 0 Å². The summed E-state index contributed by atoms with van der Waals surface area (Å²) in [5.74, 6) is -0.916. The number of hydrogen-bond donors (Lipinski definition) is 0. The molecule has 0 rings (SSSR count). The van der Waals surface area contributed by atoms with Crippen LogP contribution in [0.25, 0.3) is 0 Å². The number of esters is 3. The fraction of sp³-hybridized carbons (Fsp3) is 0.649. The van der Waals surface area contributed by atoms with Crippen LogP contribution >= 0.6 is 0 Å². The van der Waals surface area contributed by atoms with Crippen molar-refractivity contribution in [2.45, 2.75) is 309 Å². The molecule has 0 saturated carbocycles. The highest BCUT2D eigenvalue weighted by Gasteiger charge is 2.19. The molecule has 0 aromatic heterocycles. The average Bonchev–Trinajstić information content (AvgIpc) is 3.49. The molecule has 0 aliphatic heterocycles. The Hall–Kier alpha value is -4.71. The molecule has 0 spiro atoms. The molecule has 1 unspecified atom stereocenters. The summed E-state index contributed by atoms with van der Waals surface area (Å²) < 4.78 is 17.0. The highest BCUT2D eigenvalue weighted by molar-refractivity contribution is 5.71. The Morgan fingerprint density at radius 3 is 0.735 bits per heavy atom. The zero-order valence-corrected chi connectivity index (χ0v) is 53.9. The van der Waals surface area contributed by atoms with Crippen LogP contribution in [0.15, 0.2) is 146 Å². The normalized spacial score (nSPS) is 13.0. The molecular weight excluding hydrogens is 1020 g/mol. The molecule has 0 aromatic carbocycles. The third-order valence-corrected chi connectivity index (χ3v) is 14.3. The Kier molecular flexibility index (Phi) is 65.8. The lowest BCUT2D eigenvalue weighted by Gasteiger charge is -2.18. The maximum absolute atomic E-state index is 13.0. The lowest BCUT2D eigenvalue weighted by atomic mass is 10.0. The molecule has 6 nitrogen and oxygen atoms in total. The molecule has 0 amide bonds. The Morgan fingerprint density at radius 2 is 0.470 bits per heavy atom. The number of hydrogen-bond acceptors (Lipinski definition) is 6. The zero-order valence-electron chi connectivity index (χ0n) is 53.9. The molecule has 0 radical (unpaired) electrons. The van der Waals surface area contributed by atoms with Gasteiger partial charge in [-0.15, -0.1) is 0 Å². The van der Waals surface area contributed by atoms with E-state index in [1.165, 1.54) is 122 Å². The number of unbranched alkanes of at least 4 members (excludes halogenated alkanes) is 26. The van der Waals surface area contributed by atoms with Gasteiger partial charge in [0.1, 0.15) is 13.2 Å². The maximum Gasteiger partial charge on any atom is 0.306 e. The van der Waals surface area contributed by atoms with Crippen molar-refractivity contribution in [3.63, 3.8) is 0 Å². The maximum atomic E-state index is 13.0. The topological polar surface area (TPSA) is 78.9 Å². The number of ether oxygens (including phenoxy) is 3. The van der Waals surface area contributed by atoms with Gasteiger partial charge < -0.3 is 14.2 Å². The van der Waals surface area contributed by atoms with E-state index in [9.17, 15) is 14.4 Å². The van der Waals surface area contributed by atoms with Crippen molar-refractivity contribution in [1.82, 2.24) is 0 Å². The second kappa shape index (κ2) is 69.8. The first-order chi connectivity index (χ1) is 41.0. The van der Waals surface area contributed by atoms with Gasteiger partial charge in [-0.2, -0.15) is 0 Å². The van der Waals surface area contributed by atoms with Crippen LogP contribution in [0.1, 0.15) is 303 Å². The van der Waals surface area contributed by atoms with Crippen LogP contribution in [0.5, 0.6) is 0 Å². The van der Waals surface area contributed by atoms with Crippen LogP contribution < -0.4 is 0 Å². The lowest BCUT2D eigenvalue weighted by molar-refractivity contribution is -0.167. The van der Waals surface area contributed by atoms with Crippen LogP contribution in [-0.4, -0.2) is 37.2 Å². The first-order valence-corrected chi connectivity index (χ1v) is 34.3. The molecule has 83 heavy (non-hydrogen) atoms. The Labute approximate surface area is 512 Å². The monoisotopic (exact) mass is 1150 g/mol. The standard InChI is InChI=1S/C77H126O6/c1-4-7-10-13-16-19-22-25-28-31-34-36-38-40-43-46-49-52-55-58-61-64-67-70-76(79)82-73-74(72-81-75(78)69-66-63-60-57-54-51-48-45-42-33-30-27-24-21-18-15-12-9-6-3)83-77(80)71-68-65-62-59-56-53-50-47-44-41-39-37-35-32-29-26-23-20-17-14-11-8-5-2/h7-8,10-11,16-21,25-30,34-37,40,42-43,45,74H,4-6,9,12-15,22-24,31-33,38-39,41,44,46-73H2,1-3H3/b10-7-,11-8-,19-16-,20-17-,21-18-,28-25-,29-26-,30-27-,36-34-,37-35-,43-40-,45-42-. The van der Waals surface area contributed by atoms with Gasteiger partial charge in [-0.05, 0) is 141 Å². The quantitative estimate of drug-likeness (QED) is 0.0261. The summed E-state index contributed by atoms with van der Waals surface area (Å²) in [4.78, 5) is 38.5. The molecule has 0 saturated heterocycles. The van der Waals surface area contributed by atoms with Gasteiger partial charge in [0.25, 0.3) is 0 Å². The fourth-order valence-corrected chi connectivity index (χ4v) is 9.23. The van der Waals surface area contributed by atoms with E-state index >= 15 is 0 Å². The second-order valence-electron chi connectivity index (χ2n) is 22.3. The molecule has 0 aromatic rings. The van der Waals surface area contributed by atoms with Crippen molar-refractivity contribution in [2.24, 2.45) is 0 Å². The van der Waals surface area contributed by atoms with Crippen molar-refractivity contribution >= 4 is 17.9 Å². The highest BCUT2D eigenvalue weighted by atomic mass is 16.6. The third-order valence-electron chi connectivity index (χ3n) is 14.3. The Morgan fingerprint density at radius 1 is 0.253 bits per heavy atom. The van der Waals surface area contributed by atoms with Crippen LogP contribution in [0, 0.1) is 0 Å². The largest absolute Gasteiger partial charge is 0.462 e. The minimum atomic E-state index is -0.800. The van der Waals surface area contributed by atoms with Gasteiger partial charge in [0.05, 0.1) is 0 Å². The summed E-state index contributed by atoms with van der Waals surface area (Å²) in [5, 5.41) is 0. The van der Waals surface area contributed by atoms with Crippen molar-refractivity contribution in [3.05, 3.63) is 146 Å². The van der Waals surface area contributed by atoms with Crippen molar-refractivity contribution in [1.29, 1.82) is 0 Å². The SMILES string of the molecule is CC/C=C\C/C=C\C/C=C\C/C=C\C/C=C\CCCCCCCCCC(=O)OCC(COC(=O)CCCCCCCC/C=C\C/C=C\C/C=C\CCCCC)OC(=O)CCCCCCCCCCCC/C=C\C/C=C\C/C=C\C/C=C\CC. The predicted molar refractivity (Wildman–Crippen MR) is 362 cm³/mol. The van der Waals surface area contributed by atoms with E-state index in [4.69, 9.17) is 14.2 Å². The summed E-state index contributed by atoms with van der Waals surface area (Å²) in [7, 11) is 0. The van der Waals surface area contributed by atoms with Gasteiger partial charge >= 0.3 is 17.9 Å². The van der Waals surface area contributed by atoms with E-state index in [2.05, 4.69) is 167 Å². The molecule has 0 aliphatic rings. The Bertz CT molecular complexity index is 1800. The first-order valence-electron chi connectivity index (χ1n) is 34.3. The van der Waals surface area contributed by atoms with Gasteiger partial charge in [-0.3, -0.25) is 14.4 Å². The molecular formula is C77H126O6. The van der Waals surface area contributed by atoms with Gasteiger partial charge in [-0.25, -0.2) is 0 Å². The summed E-state index contributed by atoms with van der Waals surface area (Å²) in [6.45, 7) is 6.38. The molecule has 6 heteroatoms. The third kappa shape index (κ3) is 68.0. The molecule has 0 fully saturated rings. The van der Waals surface area contributed by atoms with Crippen molar-refractivity contribution < 1.29 is 28.6 Å². The van der Waals surface area contributed by atoms with Crippen LogP contribution in [0.3, 0.4) is 0 Å². The van der Waals surface area contributed by atoms with Gasteiger partial charge in [0, 0.05) is 19.3 Å². The highest BCUT2D eigenvalue weighted by Crippen LogP contribution is 2.16. The van der Waals surface area contributed by atoms with Crippen LogP contribution in [-0.2, 0) is 28.6 Å². The first kappa shape index (κ1) is 78.3. The van der Waals surface area contributed by atoms with E-state index in [-0.39, 0.29) is 31.1 Å². The van der Waals surface area contributed by atoms with E-state index in [0.29, 0.717) is 19.3 Å². The number of allylic oxidation sites excluding steroid dienone is 24. The predicted octanol–water partition coefficient (Wildman–Crippen LogP) is 23.9. The van der Waals surface area contributed by atoms with Gasteiger partial charge in [0.15, 0.2) is 6.10 Å². The number of carbonyl (C=O) groups is 3. The summed E-state index contributed by atoms with van der Waals surface area (Å²) in [6, 6.07) is 0. The smallest absolute Gasteiger partial charge is 0.306 e. The Balaban J connectivity index is 4.46. The molecule has 470 valence electrons. The van der Waals surface area contributed by atoms with E-state index in [0.717, 1.165) is 141 Å². The van der Waals surface area contributed by atoms with E-state index < -0.39 is 6.10 Å². The van der Waals surface area contributed by atoms with Gasteiger partial charge in [0.2, 0.25) is 0 Å². The van der Waals surface area contributed by atoms with E-state index in [1.54, 1.807) is 0 Å². The number of rotatable bonds is 61. The molecule has 0 bridgehead atoms. The minimum absolute atomic E-state index is 0.0943. The summed E-state index contributed by atoms with van der Waals surface area (Å²) in [6.07, 6.45) is 99.9. The molecule has 0 heterocycles. The van der Waals surface area contributed by atoms with Crippen LogP contribution in [0.2, 0.25) is 0 Å². The average molecular weight is 1150 g/mol. The van der Waals surface area contributed by atoms with Gasteiger partial charge in [-0.1, -0.05) is 289 Å². The molecule has 1 atom stereocenters. The second-order valence-corrected chi connectivity index (χ2v) is 22.3. The zero-order chi connectivity index (χ0) is 59.9. The lowest BCUT2D eigenvalue weighted by Crippen LogP contribution is -2.30. The summed E-state index contributed by atoms with van der Waals surface area (Å²) >= 11 is 0. The van der Waals surface area contributed by atoms with E-state index in [1.807, 2.05) is 0 Å². The number of carbonyl (C=O) groups excluding carboxylic acids is 3. The summed E-state index contributed by atoms with van der Waals surface area (Å²) in [5.41, 5.74) is 0. The van der Waals surface area contributed by atoms with Crippen LogP contribution in [0.4, 0.5) is 0 Å². The molecule has 0 N–H and O–H groups in total. The minimum Gasteiger partial charge on any atom is -0.462 e. The molecule has 0 aliphatic carbocycles. The van der Waals surface area contributed by atoms with Crippen molar-refractivity contribution in [2.75, 3.05) is 13.2 Å².